The van der Waals surface area contributed by atoms with Crippen molar-refractivity contribution in [2.75, 3.05) is 0 Å². The lowest BCUT2D eigenvalue weighted by atomic mass is 9.51. The largest absolute Gasteiger partial charge is 0.0793 e. The van der Waals surface area contributed by atoms with E-state index in [9.17, 15) is 0 Å². The fraction of sp³-hybridized carbons (Fsp3) is 0.164. The molecule has 2 unspecified atom stereocenters. The number of fused-ring (bicyclic) bond motifs is 8. The molecule has 8 aromatic carbocycles. The van der Waals surface area contributed by atoms with Gasteiger partial charge in [-0.1, -0.05) is 204 Å². The highest BCUT2D eigenvalue weighted by Crippen LogP contribution is 2.57. The molecule has 10 rings (SSSR count). The van der Waals surface area contributed by atoms with E-state index < -0.39 is 5.41 Å². The summed E-state index contributed by atoms with van der Waals surface area (Å²) in [5.41, 5.74) is 9.93. The van der Waals surface area contributed by atoms with Gasteiger partial charge in [0.1, 0.15) is 0 Å². The van der Waals surface area contributed by atoms with Gasteiger partial charge in [-0.05, 0) is 118 Å². The predicted octanol–water partition coefficient (Wildman–Crippen LogP) is 14.0. The predicted molar refractivity (Wildman–Crippen MR) is 234 cm³/mol. The van der Waals surface area contributed by atoms with Gasteiger partial charge < -0.3 is 0 Å². The molecule has 0 saturated carbocycles. The quantitative estimate of drug-likeness (QED) is 0.123. The molecule has 0 bridgehead atoms. The second kappa shape index (κ2) is 12.5. The van der Waals surface area contributed by atoms with E-state index in [0.717, 1.165) is 0 Å². The minimum Gasteiger partial charge on any atom is -0.0793 e. The third-order valence-corrected chi connectivity index (χ3v) is 13.4. The van der Waals surface area contributed by atoms with Crippen LogP contribution in [0.3, 0.4) is 0 Å². The lowest BCUT2D eigenvalue weighted by molar-refractivity contribution is 0.191. The SMILES string of the molecule is CC1(C)c2cc3c4ccccc4c4ccccc4c3cc2C(C)(C)C2C=C(c3cccc(C(c4ccccc4)(c4ccccc4)c4ccccc4)c3)C=CC21. The Bertz CT molecular complexity index is 2700. The van der Waals surface area contributed by atoms with Crippen LogP contribution in [0, 0.1) is 11.8 Å². The molecule has 2 aliphatic rings. The minimum absolute atomic E-state index is 0.0556. The van der Waals surface area contributed by atoms with Crippen molar-refractivity contribution in [3.63, 3.8) is 0 Å². The van der Waals surface area contributed by atoms with Crippen molar-refractivity contribution < 1.29 is 0 Å². The molecule has 0 N–H and O–H groups in total. The Hall–Kier alpha value is -5.98. The van der Waals surface area contributed by atoms with Crippen molar-refractivity contribution in [1.29, 1.82) is 0 Å². The summed E-state index contributed by atoms with van der Waals surface area (Å²) >= 11 is 0. The maximum absolute atomic E-state index is 2.62. The molecule has 2 atom stereocenters. The zero-order valence-corrected chi connectivity index (χ0v) is 32.1. The van der Waals surface area contributed by atoms with Crippen LogP contribution in [-0.4, -0.2) is 0 Å². The maximum atomic E-state index is 2.62. The average molecular weight is 707 g/mol. The third-order valence-electron chi connectivity index (χ3n) is 13.4. The van der Waals surface area contributed by atoms with Crippen molar-refractivity contribution in [1.82, 2.24) is 0 Å². The summed E-state index contributed by atoms with van der Waals surface area (Å²) < 4.78 is 0. The van der Waals surface area contributed by atoms with Crippen LogP contribution in [-0.2, 0) is 16.2 Å². The van der Waals surface area contributed by atoms with E-state index >= 15 is 0 Å². The first-order valence-electron chi connectivity index (χ1n) is 19.9. The van der Waals surface area contributed by atoms with Gasteiger partial charge >= 0.3 is 0 Å². The fourth-order valence-corrected chi connectivity index (χ4v) is 10.6. The number of hydrogen-bond acceptors (Lipinski definition) is 0. The Kier molecular flexibility index (Phi) is 7.65. The maximum Gasteiger partial charge on any atom is 0.0701 e. The van der Waals surface area contributed by atoms with Gasteiger partial charge in [-0.25, -0.2) is 0 Å². The Morgan fingerprint density at radius 3 is 1.25 bits per heavy atom. The van der Waals surface area contributed by atoms with E-state index in [2.05, 4.69) is 222 Å². The lowest BCUT2D eigenvalue weighted by Gasteiger charge is -2.53. The second-order valence-corrected chi connectivity index (χ2v) is 16.9. The smallest absolute Gasteiger partial charge is 0.0701 e. The molecular formula is C55H46. The zero-order valence-electron chi connectivity index (χ0n) is 32.1. The Balaban J connectivity index is 1.15. The van der Waals surface area contributed by atoms with Crippen LogP contribution in [0.5, 0.6) is 0 Å². The lowest BCUT2D eigenvalue weighted by Crippen LogP contribution is -2.48. The van der Waals surface area contributed by atoms with Gasteiger partial charge in [0.15, 0.2) is 0 Å². The monoisotopic (exact) mass is 706 g/mol. The molecule has 0 spiro atoms. The molecule has 0 saturated heterocycles. The van der Waals surface area contributed by atoms with Crippen LogP contribution in [0.4, 0.5) is 0 Å². The average Bonchev–Trinajstić information content (AvgIpc) is 3.24. The molecule has 0 heteroatoms. The summed E-state index contributed by atoms with van der Waals surface area (Å²) in [4.78, 5) is 0. The molecule has 266 valence electrons. The molecule has 0 fully saturated rings. The molecule has 8 aromatic rings. The van der Waals surface area contributed by atoms with Crippen LogP contribution in [0.2, 0.25) is 0 Å². The number of allylic oxidation sites excluding steroid dienone is 4. The fourth-order valence-electron chi connectivity index (χ4n) is 10.6. The summed E-state index contributed by atoms with van der Waals surface area (Å²) in [6.45, 7) is 9.93. The van der Waals surface area contributed by atoms with Gasteiger partial charge in [-0.15, -0.1) is 0 Å². The first-order chi connectivity index (χ1) is 26.8. The molecule has 2 aliphatic carbocycles. The number of rotatable bonds is 5. The molecule has 0 amide bonds. The summed E-state index contributed by atoms with van der Waals surface area (Å²) in [5, 5.41) is 8.06. The molecule has 0 nitrogen and oxygen atoms in total. The van der Waals surface area contributed by atoms with Gasteiger partial charge in [-0.3, -0.25) is 0 Å². The molecule has 0 heterocycles. The second-order valence-electron chi connectivity index (χ2n) is 16.9. The normalized spacial score (nSPS) is 18.5. The van der Waals surface area contributed by atoms with E-state index in [0.29, 0.717) is 11.8 Å². The first-order valence-corrected chi connectivity index (χ1v) is 19.9. The highest BCUT2D eigenvalue weighted by Gasteiger charge is 2.50. The van der Waals surface area contributed by atoms with Gasteiger partial charge in [0.2, 0.25) is 0 Å². The van der Waals surface area contributed by atoms with Crippen molar-refractivity contribution >= 4 is 37.9 Å². The van der Waals surface area contributed by atoms with Crippen LogP contribution >= 0.6 is 0 Å². The molecular weight excluding hydrogens is 661 g/mol. The Morgan fingerprint density at radius 2 is 0.782 bits per heavy atom. The van der Waals surface area contributed by atoms with Crippen LogP contribution < -0.4 is 0 Å². The minimum atomic E-state index is -0.486. The van der Waals surface area contributed by atoms with Gasteiger partial charge in [0, 0.05) is 0 Å². The van der Waals surface area contributed by atoms with E-state index in [1.54, 1.807) is 0 Å². The van der Waals surface area contributed by atoms with Crippen LogP contribution in [0.1, 0.15) is 66.6 Å². The van der Waals surface area contributed by atoms with E-state index in [-0.39, 0.29) is 10.8 Å². The summed E-state index contributed by atoms with van der Waals surface area (Å²) in [7, 11) is 0. The van der Waals surface area contributed by atoms with Crippen molar-refractivity contribution in [2.24, 2.45) is 11.8 Å². The van der Waals surface area contributed by atoms with Crippen LogP contribution in [0.25, 0.3) is 37.9 Å². The van der Waals surface area contributed by atoms with Gasteiger partial charge in [-0.2, -0.15) is 0 Å². The van der Waals surface area contributed by atoms with E-state index in [1.807, 2.05) is 0 Å². The summed E-state index contributed by atoms with van der Waals surface area (Å²) in [5.74, 6) is 0.688. The molecule has 0 aliphatic heterocycles. The highest BCUT2D eigenvalue weighted by molar-refractivity contribution is 6.25. The third kappa shape index (κ3) is 4.97. The van der Waals surface area contributed by atoms with E-state index in [1.165, 1.54) is 76.8 Å². The standard InChI is InChI=1S/C55H46/c1-53(2)49-32-31-38(34-50(49)54(3,4)52-36-48-46-30-17-15-28-44(46)43-27-14-16-29-45(43)47(48)35-51(52)53)37-19-18-26-42(33-37)55(39-20-8-5-9-21-39,40-22-10-6-11-23-40)41-24-12-7-13-25-41/h5-36,49-50H,1-4H3. The number of hydrogen-bond donors (Lipinski definition) is 0. The van der Waals surface area contributed by atoms with Gasteiger partial charge in [0.25, 0.3) is 0 Å². The molecule has 0 radical (unpaired) electrons. The van der Waals surface area contributed by atoms with Crippen molar-refractivity contribution in [3.05, 3.63) is 233 Å². The summed E-state index contributed by atoms with van der Waals surface area (Å²) in [6, 6.07) is 65.6. The molecule has 0 aromatic heterocycles. The van der Waals surface area contributed by atoms with E-state index in [4.69, 9.17) is 0 Å². The van der Waals surface area contributed by atoms with Crippen molar-refractivity contribution in [3.8, 4) is 0 Å². The zero-order chi connectivity index (χ0) is 37.4. The van der Waals surface area contributed by atoms with Gasteiger partial charge in [0.05, 0.1) is 5.41 Å². The number of benzene rings is 8. The molecule has 55 heavy (non-hydrogen) atoms. The Morgan fingerprint density at radius 1 is 0.382 bits per heavy atom. The van der Waals surface area contributed by atoms with Crippen molar-refractivity contribution in [2.45, 2.75) is 43.9 Å². The first kappa shape index (κ1) is 33.6. The Labute approximate surface area is 325 Å². The summed E-state index contributed by atoms with van der Waals surface area (Å²) in [6.07, 6.45) is 7.58. The topological polar surface area (TPSA) is 0 Å². The highest BCUT2D eigenvalue weighted by atomic mass is 14.5. The van der Waals surface area contributed by atoms with Crippen LogP contribution in [0.15, 0.2) is 194 Å².